The Morgan fingerprint density at radius 3 is 2.75 bits per heavy atom. The van der Waals surface area contributed by atoms with Gasteiger partial charge in [0, 0.05) is 50.6 Å². The molecule has 0 unspecified atom stereocenters. The number of ether oxygens (including phenoxy) is 1. The highest BCUT2D eigenvalue weighted by Gasteiger charge is 2.45. The van der Waals surface area contributed by atoms with Gasteiger partial charge in [0.25, 0.3) is 11.8 Å². The van der Waals surface area contributed by atoms with Crippen molar-refractivity contribution < 1.29 is 19.1 Å². The third-order valence-corrected chi connectivity index (χ3v) is 7.88. The highest BCUT2D eigenvalue weighted by atomic mass is 16.5. The van der Waals surface area contributed by atoms with Crippen LogP contribution in [0.4, 0.5) is 5.69 Å². The molecule has 0 radical (unpaired) electrons. The number of aromatic nitrogens is 2. The highest BCUT2D eigenvalue weighted by Crippen LogP contribution is 2.38. The van der Waals surface area contributed by atoms with Crippen LogP contribution in [0.2, 0.25) is 0 Å². The van der Waals surface area contributed by atoms with Gasteiger partial charge in [0.1, 0.15) is 0 Å². The second kappa shape index (κ2) is 9.35. The molecule has 2 atom stereocenters. The van der Waals surface area contributed by atoms with Gasteiger partial charge < -0.3 is 15.0 Å². The number of fused-ring (bicyclic) bond motifs is 1. The Balaban J connectivity index is 1.32. The molecule has 2 saturated heterocycles. The average molecular weight is 494 g/mol. The maximum atomic E-state index is 13.6. The fraction of sp³-hybridized carbons (Fsp3) is 0.556. The molecule has 1 aromatic heterocycles. The zero-order valence-corrected chi connectivity index (χ0v) is 21.5. The summed E-state index contributed by atoms with van der Waals surface area (Å²) in [5.41, 5.74) is 3.34. The van der Waals surface area contributed by atoms with Gasteiger partial charge in [-0.2, -0.15) is 5.10 Å². The number of hydrogen-bond donors (Lipinski definition) is 1. The van der Waals surface area contributed by atoms with Gasteiger partial charge in [0.05, 0.1) is 34.5 Å². The number of benzene rings is 1. The van der Waals surface area contributed by atoms with E-state index >= 15 is 0 Å². The van der Waals surface area contributed by atoms with E-state index in [-0.39, 0.29) is 35.3 Å². The summed E-state index contributed by atoms with van der Waals surface area (Å²) in [6, 6.07) is 5.31. The van der Waals surface area contributed by atoms with E-state index in [0.717, 1.165) is 36.3 Å². The maximum Gasteiger partial charge on any atom is 0.263 e. The molecule has 0 aliphatic carbocycles. The molecule has 9 heteroatoms. The molecule has 3 amide bonds. The number of piperidine rings is 1. The molecule has 0 spiro atoms. The van der Waals surface area contributed by atoms with Gasteiger partial charge >= 0.3 is 0 Å². The van der Waals surface area contributed by atoms with Crippen molar-refractivity contribution in [2.24, 2.45) is 13.0 Å². The average Bonchev–Trinajstić information content (AvgIpc) is 3.31. The van der Waals surface area contributed by atoms with Crippen LogP contribution < -0.4 is 10.2 Å². The molecule has 2 aromatic rings. The molecule has 2 fully saturated rings. The van der Waals surface area contributed by atoms with Crippen LogP contribution in [0.3, 0.4) is 0 Å². The molecular formula is C27H35N5O4. The lowest BCUT2D eigenvalue weighted by Gasteiger charge is -2.39. The summed E-state index contributed by atoms with van der Waals surface area (Å²) in [5.74, 6) is -0.639. The van der Waals surface area contributed by atoms with Crippen LogP contribution in [0.1, 0.15) is 71.5 Å². The number of carbonyl (C=O) groups is 3. The Labute approximate surface area is 211 Å². The van der Waals surface area contributed by atoms with Gasteiger partial charge in [-0.05, 0) is 58.6 Å². The number of imide groups is 1. The van der Waals surface area contributed by atoms with Gasteiger partial charge in [-0.25, -0.2) is 0 Å². The van der Waals surface area contributed by atoms with Crippen molar-refractivity contribution in [3.05, 3.63) is 46.8 Å². The molecule has 36 heavy (non-hydrogen) atoms. The first-order chi connectivity index (χ1) is 17.2. The number of amides is 3. The Morgan fingerprint density at radius 2 is 2.03 bits per heavy atom. The van der Waals surface area contributed by atoms with Crippen molar-refractivity contribution in [2.75, 3.05) is 24.6 Å². The zero-order valence-electron chi connectivity index (χ0n) is 21.5. The molecule has 9 nitrogen and oxygen atoms in total. The predicted octanol–water partition coefficient (Wildman–Crippen LogP) is 2.81. The third-order valence-electron chi connectivity index (χ3n) is 7.88. The number of aryl methyl sites for hydroxylation is 1. The van der Waals surface area contributed by atoms with E-state index in [1.54, 1.807) is 16.9 Å². The molecule has 4 heterocycles. The predicted molar refractivity (Wildman–Crippen MR) is 135 cm³/mol. The number of nitrogens with zero attached hydrogens (tertiary/aromatic N) is 4. The van der Waals surface area contributed by atoms with Crippen LogP contribution >= 0.6 is 0 Å². The number of anilines is 1. The zero-order chi connectivity index (χ0) is 25.6. The van der Waals surface area contributed by atoms with Crippen molar-refractivity contribution in [1.82, 2.24) is 20.0 Å². The minimum absolute atomic E-state index is 0.00370. The Kier molecular flexibility index (Phi) is 6.36. The summed E-state index contributed by atoms with van der Waals surface area (Å²) in [6.07, 6.45) is 4.68. The van der Waals surface area contributed by atoms with E-state index < -0.39 is 0 Å². The van der Waals surface area contributed by atoms with E-state index in [0.29, 0.717) is 43.7 Å². The summed E-state index contributed by atoms with van der Waals surface area (Å²) in [6.45, 7) is 8.21. The van der Waals surface area contributed by atoms with Gasteiger partial charge in [0.15, 0.2) is 0 Å². The van der Waals surface area contributed by atoms with Gasteiger partial charge in [-0.15, -0.1) is 0 Å². The first-order valence-corrected chi connectivity index (χ1v) is 12.8. The minimum Gasteiger partial charge on any atom is -0.375 e. The van der Waals surface area contributed by atoms with E-state index in [4.69, 9.17) is 4.74 Å². The van der Waals surface area contributed by atoms with E-state index in [1.165, 1.54) is 4.90 Å². The molecule has 5 rings (SSSR count). The van der Waals surface area contributed by atoms with E-state index in [9.17, 15) is 14.4 Å². The number of rotatable bonds is 5. The maximum absolute atomic E-state index is 13.6. The molecule has 1 N–H and O–H groups in total. The fourth-order valence-corrected chi connectivity index (χ4v) is 5.76. The van der Waals surface area contributed by atoms with Gasteiger partial charge in [0.2, 0.25) is 5.91 Å². The highest BCUT2D eigenvalue weighted by molar-refractivity contribution is 6.24. The second-order valence-electron chi connectivity index (χ2n) is 10.8. The molecular weight excluding hydrogens is 458 g/mol. The summed E-state index contributed by atoms with van der Waals surface area (Å²) in [5, 5.41) is 7.30. The lowest BCUT2D eigenvalue weighted by molar-refractivity contribution is -0.125. The standard InChI is InChI=1S/C27H35N5O4/c1-17-19(15-29-30(17)4)14-28-24(33)18-7-6-11-31(16-18)22-9-5-8-21-23(22)26(35)32(25(21)34)20-10-12-36-27(2,3)13-20/h5,8-9,15,18,20H,6-7,10-14,16H2,1-4H3,(H,28,33)/t18-,20-/m1/s1. The van der Waals surface area contributed by atoms with Crippen molar-refractivity contribution in [1.29, 1.82) is 0 Å². The number of hydrogen-bond acceptors (Lipinski definition) is 6. The van der Waals surface area contributed by atoms with Crippen molar-refractivity contribution in [2.45, 2.75) is 64.6 Å². The fourth-order valence-electron chi connectivity index (χ4n) is 5.76. The quantitative estimate of drug-likeness (QED) is 0.644. The Hall–Kier alpha value is -3.20. The molecule has 0 saturated carbocycles. The molecule has 1 aromatic carbocycles. The molecule has 3 aliphatic rings. The lowest BCUT2D eigenvalue weighted by atomic mass is 9.93. The lowest BCUT2D eigenvalue weighted by Crippen LogP contribution is -2.48. The number of carbonyl (C=O) groups excluding carboxylic acids is 3. The van der Waals surface area contributed by atoms with Crippen LogP contribution in [-0.4, -0.2) is 63.7 Å². The van der Waals surface area contributed by atoms with Crippen LogP contribution in [0, 0.1) is 12.8 Å². The Morgan fingerprint density at radius 1 is 1.22 bits per heavy atom. The SMILES string of the molecule is Cc1c(CNC(=O)[C@@H]2CCCN(c3cccc4c3C(=O)N([C@@H]3CCOC(C)(C)C3)C4=O)C2)cnn1C. The van der Waals surface area contributed by atoms with E-state index in [1.807, 2.05) is 40.0 Å². The van der Waals surface area contributed by atoms with Gasteiger partial charge in [-0.1, -0.05) is 6.07 Å². The summed E-state index contributed by atoms with van der Waals surface area (Å²) in [4.78, 5) is 43.6. The van der Waals surface area contributed by atoms with Crippen LogP contribution in [-0.2, 0) is 23.1 Å². The minimum atomic E-state index is -0.372. The summed E-state index contributed by atoms with van der Waals surface area (Å²) >= 11 is 0. The second-order valence-corrected chi connectivity index (χ2v) is 10.8. The van der Waals surface area contributed by atoms with Crippen molar-refractivity contribution in [3.63, 3.8) is 0 Å². The largest absolute Gasteiger partial charge is 0.375 e. The number of nitrogens with one attached hydrogen (secondary N) is 1. The van der Waals surface area contributed by atoms with Crippen LogP contribution in [0.5, 0.6) is 0 Å². The van der Waals surface area contributed by atoms with Crippen molar-refractivity contribution >= 4 is 23.4 Å². The third kappa shape index (κ3) is 4.40. The summed E-state index contributed by atoms with van der Waals surface area (Å²) < 4.78 is 7.61. The normalized spacial score (nSPS) is 23.7. The van der Waals surface area contributed by atoms with Crippen molar-refractivity contribution in [3.8, 4) is 0 Å². The summed E-state index contributed by atoms with van der Waals surface area (Å²) in [7, 11) is 1.88. The first-order valence-electron chi connectivity index (χ1n) is 12.8. The smallest absolute Gasteiger partial charge is 0.263 e. The first kappa shape index (κ1) is 24.5. The van der Waals surface area contributed by atoms with Gasteiger partial charge in [-0.3, -0.25) is 24.0 Å². The monoisotopic (exact) mass is 493 g/mol. The topological polar surface area (TPSA) is 96.8 Å². The molecule has 0 bridgehead atoms. The molecule has 192 valence electrons. The Bertz CT molecular complexity index is 1200. The van der Waals surface area contributed by atoms with E-state index in [2.05, 4.69) is 15.3 Å². The van der Waals surface area contributed by atoms with Crippen LogP contribution in [0.25, 0.3) is 0 Å². The molecule has 3 aliphatic heterocycles. The van der Waals surface area contributed by atoms with Crippen LogP contribution in [0.15, 0.2) is 24.4 Å².